The maximum Gasteiger partial charge on any atom is 0.138 e. The summed E-state index contributed by atoms with van der Waals surface area (Å²) < 4.78 is 10.4. The number of nitrogens with one attached hydrogen (secondary N) is 1. The lowest BCUT2D eigenvalue weighted by atomic mass is 10.2. The van der Waals surface area contributed by atoms with Crippen molar-refractivity contribution in [1.82, 2.24) is 5.32 Å². The van der Waals surface area contributed by atoms with Gasteiger partial charge in [-0.05, 0) is 18.7 Å². The number of benzene rings is 1. The van der Waals surface area contributed by atoms with Crippen LogP contribution in [0.15, 0.2) is 18.2 Å². The Kier molecular flexibility index (Phi) is 5.24. The molecule has 0 aliphatic carbocycles. The zero-order chi connectivity index (χ0) is 11.8. The maximum atomic E-state index is 5.24. The summed E-state index contributed by atoms with van der Waals surface area (Å²) in [7, 11) is 3.26. The summed E-state index contributed by atoms with van der Waals surface area (Å²) in [5.41, 5.74) is 0.876. The number of rotatable bonds is 4. The van der Waals surface area contributed by atoms with Crippen LogP contribution in [0.1, 0.15) is 12.5 Å². The average Bonchev–Trinajstić information content (AvgIpc) is 2.34. The van der Waals surface area contributed by atoms with Crippen LogP contribution in [0.4, 0.5) is 0 Å². The number of hydrogen-bond donors (Lipinski definition) is 1. The third kappa shape index (κ3) is 3.48. The molecule has 0 aromatic heterocycles. The van der Waals surface area contributed by atoms with Gasteiger partial charge in [0.25, 0.3) is 0 Å². The zero-order valence-electron chi connectivity index (χ0n) is 9.96. The second-order valence-corrected chi connectivity index (χ2v) is 3.15. The fraction of sp³-hybridized carbons (Fsp3) is 0.385. The lowest BCUT2D eigenvalue weighted by Gasteiger charge is -2.05. The summed E-state index contributed by atoms with van der Waals surface area (Å²) in [6.45, 7) is 3.66. The summed E-state index contributed by atoms with van der Waals surface area (Å²) in [5.74, 6) is 7.60. The van der Waals surface area contributed by atoms with Gasteiger partial charge < -0.3 is 14.8 Å². The first-order valence-corrected chi connectivity index (χ1v) is 5.23. The van der Waals surface area contributed by atoms with Crippen LogP contribution in [-0.2, 0) is 0 Å². The summed E-state index contributed by atoms with van der Waals surface area (Å²) in [5, 5.41) is 3.14. The van der Waals surface area contributed by atoms with Gasteiger partial charge in [0.15, 0.2) is 0 Å². The Morgan fingerprint density at radius 2 is 2.06 bits per heavy atom. The number of ether oxygens (including phenoxy) is 2. The molecule has 0 aliphatic heterocycles. The summed E-state index contributed by atoms with van der Waals surface area (Å²) >= 11 is 0. The van der Waals surface area contributed by atoms with E-state index >= 15 is 0 Å². The largest absolute Gasteiger partial charge is 0.497 e. The molecule has 0 amide bonds. The van der Waals surface area contributed by atoms with Gasteiger partial charge in [0.05, 0.1) is 26.3 Å². The van der Waals surface area contributed by atoms with E-state index in [0.717, 1.165) is 23.6 Å². The van der Waals surface area contributed by atoms with E-state index in [1.54, 1.807) is 14.2 Å². The van der Waals surface area contributed by atoms with Gasteiger partial charge in [-0.1, -0.05) is 18.8 Å². The molecule has 3 nitrogen and oxygen atoms in total. The number of hydrogen-bond acceptors (Lipinski definition) is 3. The molecule has 1 aromatic carbocycles. The van der Waals surface area contributed by atoms with Gasteiger partial charge in [0, 0.05) is 6.07 Å². The van der Waals surface area contributed by atoms with Crippen LogP contribution in [0.2, 0.25) is 0 Å². The second kappa shape index (κ2) is 6.76. The van der Waals surface area contributed by atoms with Crippen molar-refractivity contribution in [2.75, 3.05) is 27.3 Å². The topological polar surface area (TPSA) is 30.5 Å². The Hall–Kier alpha value is -1.66. The zero-order valence-corrected chi connectivity index (χ0v) is 9.96. The van der Waals surface area contributed by atoms with Crippen LogP contribution in [0.3, 0.4) is 0 Å². The van der Waals surface area contributed by atoms with Crippen molar-refractivity contribution in [3.8, 4) is 23.3 Å². The predicted octanol–water partition coefficient (Wildman–Crippen LogP) is 1.66. The molecule has 1 N–H and O–H groups in total. The van der Waals surface area contributed by atoms with Gasteiger partial charge in [-0.15, -0.1) is 0 Å². The monoisotopic (exact) mass is 219 g/mol. The Bertz CT molecular complexity index is 391. The molecule has 0 atom stereocenters. The Balaban J connectivity index is 2.81. The quantitative estimate of drug-likeness (QED) is 0.617. The van der Waals surface area contributed by atoms with Gasteiger partial charge in [0.1, 0.15) is 11.5 Å². The van der Waals surface area contributed by atoms with E-state index in [0.29, 0.717) is 6.54 Å². The second-order valence-electron chi connectivity index (χ2n) is 3.15. The molecule has 3 heteroatoms. The highest BCUT2D eigenvalue weighted by Crippen LogP contribution is 2.23. The summed E-state index contributed by atoms with van der Waals surface area (Å²) in [6, 6.07) is 5.60. The molecule has 0 unspecified atom stereocenters. The minimum absolute atomic E-state index is 0.686. The van der Waals surface area contributed by atoms with Crippen molar-refractivity contribution in [2.45, 2.75) is 6.92 Å². The number of methoxy groups -OCH3 is 2. The first kappa shape index (κ1) is 12.4. The highest BCUT2D eigenvalue weighted by atomic mass is 16.5. The summed E-state index contributed by atoms with van der Waals surface area (Å²) in [4.78, 5) is 0. The molecule has 0 saturated carbocycles. The van der Waals surface area contributed by atoms with Gasteiger partial charge in [0.2, 0.25) is 0 Å². The molecule has 0 bridgehead atoms. The average molecular weight is 219 g/mol. The predicted molar refractivity (Wildman–Crippen MR) is 65.0 cm³/mol. The highest BCUT2D eigenvalue weighted by molar-refractivity contribution is 5.49. The van der Waals surface area contributed by atoms with E-state index in [1.165, 1.54) is 0 Å². The molecular weight excluding hydrogens is 202 g/mol. The Morgan fingerprint density at radius 3 is 2.69 bits per heavy atom. The van der Waals surface area contributed by atoms with E-state index in [1.807, 2.05) is 18.2 Å². The normalized spacial score (nSPS) is 9.19. The summed E-state index contributed by atoms with van der Waals surface area (Å²) in [6.07, 6.45) is 0. The van der Waals surface area contributed by atoms with E-state index in [2.05, 4.69) is 24.1 Å². The fourth-order valence-electron chi connectivity index (χ4n) is 1.23. The molecule has 1 rings (SSSR count). The Morgan fingerprint density at radius 1 is 1.25 bits per heavy atom. The van der Waals surface area contributed by atoms with Crippen LogP contribution in [0.5, 0.6) is 11.5 Å². The van der Waals surface area contributed by atoms with Crippen molar-refractivity contribution in [3.05, 3.63) is 23.8 Å². The van der Waals surface area contributed by atoms with Crippen LogP contribution in [0, 0.1) is 11.8 Å². The van der Waals surface area contributed by atoms with Gasteiger partial charge >= 0.3 is 0 Å². The van der Waals surface area contributed by atoms with Crippen molar-refractivity contribution >= 4 is 0 Å². The molecule has 0 saturated heterocycles. The molecule has 16 heavy (non-hydrogen) atoms. The first-order chi connectivity index (χ1) is 7.81. The van der Waals surface area contributed by atoms with E-state index in [4.69, 9.17) is 9.47 Å². The molecule has 86 valence electrons. The van der Waals surface area contributed by atoms with Crippen LogP contribution < -0.4 is 14.8 Å². The lowest BCUT2D eigenvalue weighted by Crippen LogP contribution is -2.11. The SMILES string of the molecule is CCNCC#Cc1ccc(OC)cc1OC. The highest BCUT2D eigenvalue weighted by Gasteiger charge is 2.01. The molecule has 0 aliphatic rings. The van der Waals surface area contributed by atoms with E-state index < -0.39 is 0 Å². The third-order valence-electron chi connectivity index (χ3n) is 2.10. The smallest absolute Gasteiger partial charge is 0.138 e. The third-order valence-corrected chi connectivity index (χ3v) is 2.10. The minimum Gasteiger partial charge on any atom is -0.497 e. The van der Waals surface area contributed by atoms with Crippen molar-refractivity contribution in [1.29, 1.82) is 0 Å². The first-order valence-electron chi connectivity index (χ1n) is 5.23. The molecule has 0 fully saturated rings. The van der Waals surface area contributed by atoms with E-state index in [-0.39, 0.29) is 0 Å². The molecule has 0 radical (unpaired) electrons. The standard InChI is InChI=1S/C13H17NO2/c1-4-14-9-5-6-11-7-8-12(15-2)10-13(11)16-3/h7-8,10,14H,4,9H2,1-3H3. The van der Waals surface area contributed by atoms with Gasteiger partial charge in [-0.25, -0.2) is 0 Å². The van der Waals surface area contributed by atoms with Crippen LogP contribution in [0.25, 0.3) is 0 Å². The van der Waals surface area contributed by atoms with Crippen molar-refractivity contribution < 1.29 is 9.47 Å². The molecular formula is C13H17NO2. The van der Waals surface area contributed by atoms with Crippen molar-refractivity contribution in [2.24, 2.45) is 0 Å². The van der Waals surface area contributed by atoms with E-state index in [9.17, 15) is 0 Å². The molecule has 0 heterocycles. The Labute approximate surface area is 96.8 Å². The van der Waals surface area contributed by atoms with Crippen LogP contribution in [-0.4, -0.2) is 27.3 Å². The maximum absolute atomic E-state index is 5.24. The van der Waals surface area contributed by atoms with Crippen molar-refractivity contribution in [3.63, 3.8) is 0 Å². The van der Waals surface area contributed by atoms with Gasteiger partial charge in [-0.3, -0.25) is 0 Å². The minimum atomic E-state index is 0.686. The van der Waals surface area contributed by atoms with Crippen LogP contribution >= 0.6 is 0 Å². The lowest BCUT2D eigenvalue weighted by molar-refractivity contribution is 0.393. The molecule has 0 spiro atoms. The fourth-order valence-corrected chi connectivity index (χ4v) is 1.23. The van der Waals surface area contributed by atoms with Gasteiger partial charge in [-0.2, -0.15) is 0 Å². The molecule has 1 aromatic rings.